The summed E-state index contributed by atoms with van der Waals surface area (Å²) >= 11 is 0.940. The van der Waals surface area contributed by atoms with Gasteiger partial charge in [0.15, 0.2) is 5.13 Å². The molecule has 9 nitrogen and oxygen atoms in total. The number of anilines is 1. The number of thiazole rings is 1. The number of carbonyl (C=O) groups excluding carboxylic acids is 3. The highest BCUT2D eigenvalue weighted by Crippen LogP contribution is 2.44. The van der Waals surface area contributed by atoms with Crippen LogP contribution in [0.4, 0.5) is 5.13 Å². The number of aliphatic hydroxyl groups is 1. The summed E-state index contributed by atoms with van der Waals surface area (Å²) in [6.45, 7) is 4.26. The molecule has 1 fully saturated rings. The first kappa shape index (κ1) is 26.9. The number of ketones is 1. The van der Waals surface area contributed by atoms with Crippen LogP contribution >= 0.6 is 11.3 Å². The number of aryl methyl sites for hydroxylation is 1. The number of hydrogen-bond acceptors (Lipinski definition) is 9. The predicted octanol–water partition coefficient (Wildman–Crippen LogP) is 5.05. The minimum Gasteiger partial charge on any atom is -0.507 e. The van der Waals surface area contributed by atoms with Gasteiger partial charge in [-0.15, -0.1) is 0 Å². The first-order chi connectivity index (χ1) is 18.3. The second-order valence-electron chi connectivity index (χ2n) is 8.57. The van der Waals surface area contributed by atoms with Gasteiger partial charge in [-0.2, -0.15) is 0 Å². The van der Waals surface area contributed by atoms with E-state index >= 15 is 0 Å². The second-order valence-corrected chi connectivity index (χ2v) is 9.55. The summed E-state index contributed by atoms with van der Waals surface area (Å²) in [6.07, 6.45) is 1.92. The van der Waals surface area contributed by atoms with Gasteiger partial charge in [-0.05, 0) is 55.3 Å². The van der Waals surface area contributed by atoms with E-state index < -0.39 is 23.7 Å². The number of hydrogen-bond donors (Lipinski definition) is 1. The Hall–Kier alpha value is -4.18. The SMILES string of the molecule is CCCCOc1ccc(C(O)=C2C(=O)C(=O)N(c3nc(C)c(C(=O)OC)s3)[C@H]2c2cccc(OC)c2)cc1. The molecular formula is C28H28N2O7S. The van der Waals surface area contributed by atoms with Crippen molar-refractivity contribution in [1.82, 2.24) is 4.98 Å². The van der Waals surface area contributed by atoms with Crippen LogP contribution in [0.25, 0.3) is 5.76 Å². The van der Waals surface area contributed by atoms with Crippen LogP contribution in [0.15, 0.2) is 54.1 Å². The lowest BCUT2D eigenvalue weighted by Gasteiger charge is -2.23. The molecule has 1 saturated heterocycles. The van der Waals surface area contributed by atoms with Gasteiger partial charge >= 0.3 is 11.9 Å². The van der Waals surface area contributed by atoms with Crippen molar-refractivity contribution in [2.24, 2.45) is 0 Å². The van der Waals surface area contributed by atoms with E-state index in [1.54, 1.807) is 55.5 Å². The predicted molar refractivity (Wildman–Crippen MR) is 143 cm³/mol. The molecular weight excluding hydrogens is 508 g/mol. The van der Waals surface area contributed by atoms with Gasteiger partial charge in [0, 0.05) is 5.56 Å². The maximum absolute atomic E-state index is 13.4. The Morgan fingerprint density at radius 1 is 1.11 bits per heavy atom. The average molecular weight is 537 g/mol. The number of aromatic nitrogens is 1. The fourth-order valence-corrected chi connectivity index (χ4v) is 5.13. The molecule has 38 heavy (non-hydrogen) atoms. The fraction of sp³-hybridized carbons (Fsp3) is 0.286. The molecule has 198 valence electrons. The largest absolute Gasteiger partial charge is 0.507 e. The van der Waals surface area contributed by atoms with Gasteiger partial charge in [0.1, 0.15) is 22.1 Å². The number of methoxy groups -OCH3 is 2. The molecule has 1 aliphatic rings. The van der Waals surface area contributed by atoms with Crippen molar-refractivity contribution in [3.05, 3.63) is 75.8 Å². The van der Waals surface area contributed by atoms with Gasteiger partial charge in [-0.3, -0.25) is 14.5 Å². The Bertz CT molecular complexity index is 1390. The van der Waals surface area contributed by atoms with Gasteiger partial charge in [0.2, 0.25) is 0 Å². The highest BCUT2D eigenvalue weighted by molar-refractivity contribution is 7.17. The minimum atomic E-state index is -1.01. The van der Waals surface area contributed by atoms with Crippen molar-refractivity contribution in [2.45, 2.75) is 32.7 Å². The van der Waals surface area contributed by atoms with Crippen molar-refractivity contribution in [2.75, 3.05) is 25.7 Å². The Kier molecular flexibility index (Phi) is 8.11. The Morgan fingerprint density at radius 3 is 2.50 bits per heavy atom. The lowest BCUT2D eigenvalue weighted by atomic mass is 9.95. The van der Waals surface area contributed by atoms with Crippen LogP contribution in [0, 0.1) is 6.92 Å². The van der Waals surface area contributed by atoms with Crippen molar-refractivity contribution in [3.8, 4) is 11.5 Å². The molecule has 1 atom stereocenters. The Balaban J connectivity index is 1.84. The number of ether oxygens (including phenoxy) is 3. The van der Waals surface area contributed by atoms with Crippen LogP contribution < -0.4 is 14.4 Å². The quantitative estimate of drug-likeness (QED) is 0.133. The van der Waals surface area contributed by atoms with Crippen molar-refractivity contribution < 1.29 is 33.7 Å². The molecule has 0 bridgehead atoms. The zero-order valence-electron chi connectivity index (χ0n) is 21.5. The molecule has 0 aliphatic carbocycles. The maximum Gasteiger partial charge on any atom is 0.350 e. The number of carbonyl (C=O) groups is 3. The van der Waals surface area contributed by atoms with Crippen LogP contribution in [0.3, 0.4) is 0 Å². The molecule has 3 aromatic rings. The molecule has 1 amide bonds. The summed E-state index contributed by atoms with van der Waals surface area (Å²) in [4.78, 5) is 44.8. The lowest BCUT2D eigenvalue weighted by Crippen LogP contribution is -2.29. The van der Waals surface area contributed by atoms with Crippen LogP contribution in [0.5, 0.6) is 11.5 Å². The monoisotopic (exact) mass is 536 g/mol. The van der Waals surface area contributed by atoms with Crippen LogP contribution in [-0.4, -0.2) is 48.6 Å². The Morgan fingerprint density at radius 2 is 1.84 bits per heavy atom. The zero-order valence-corrected chi connectivity index (χ0v) is 22.3. The number of Topliss-reactive ketones (excluding diaryl/α,β-unsaturated/α-hetero) is 1. The molecule has 4 rings (SSSR count). The molecule has 0 unspecified atom stereocenters. The fourth-order valence-electron chi connectivity index (χ4n) is 4.12. The lowest BCUT2D eigenvalue weighted by molar-refractivity contribution is -0.132. The molecule has 2 heterocycles. The normalized spacial score (nSPS) is 16.5. The summed E-state index contributed by atoms with van der Waals surface area (Å²) in [5.74, 6) is -1.53. The number of esters is 1. The van der Waals surface area contributed by atoms with E-state index in [1.165, 1.54) is 19.1 Å². The molecule has 1 aliphatic heterocycles. The van der Waals surface area contributed by atoms with E-state index in [-0.39, 0.29) is 21.3 Å². The van der Waals surface area contributed by atoms with E-state index in [0.717, 1.165) is 24.2 Å². The van der Waals surface area contributed by atoms with E-state index in [4.69, 9.17) is 14.2 Å². The smallest absolute Gasteiger partial charge is 0.350 e. The topological polar surface area (TPSA) is 115 Å². The van der Waals surface area contributed by atoms with Gasteiger partial charge in [0.05, 0.1) is 38.1 Å². The third-order valence-electron chi connectivity index (χ3n) is 6.11. The second kappa shape index (κ2) is 11.5. The Labute approximate surface area is 224 Å². The minimum absolute atomic E-state index is 0.102. The van der Waals surface area contributed by atoms with Crippen LogP contribution in [0.1, 0.15) is 52.3 Å². The van der Waals surface area contributed by atoms with E-state index in [1.807, 2.05) is 0 Å². The number of unbranched alkanes of at least 4 members (excludes halogenated alkanes) is 1. The number of nitrogens with zero attached hydrogens (tertiary/aromatic N) is 2. The van der Waals surface area contributed by atoms with Gasteiger partial charge in [0.25, 0.3) is 5.78 Å². The highest BCUT2D eigenvalue weighted by Gasteiger charge is 2.48. The number of aliphatic hydroxyl groups excluding tert-OH is 1. The van der Waals surface area contributed by atoms with Crippen molar-refractivity contribution in [3.63, 3.8) is 0 Å². The molecule has 2 aromatic carbocycles. The highest BCUT2D eigenvalue weighted by atomic mass is 32.1. The zero-order chi connectivity index (χ0) is 27.4. The third kappa shape index (κ3) is 5.12. The first-order valence-corrected chi connectivity index (χ1v) is 12.9. The van der Waals surface area contributed by atoms with E-state index in [0.29, 0.717) is 34.9 Å². The third-order valence-corrected chi connectivity index (χ3v) is 7.25. The van der Waals surface area contributed by atoms with Crippen LogP contribution in [0.2, 0.25) is 0 Å². The van der Waals surface area contributed by atoms with E-state index in [2.05, 4.69) is 11.9 Å². The maximum atomic E-state index is 13.4. The number of amides is 1. The van der Waals surface area contributed by atoms with Crippen molar-refractivity contribution in [1.29, 1.82) is 0 Å². The van der Waals surface area contributed by atoms with Gasteiger partial charge in [-0.1, -0.05) is 36.8 Å². The molecule has 0 spiro atoms. The molecule has 0 saturated carbocycles. The summed E-state index contributed by atoms with van der Waals surface area (Å²) in [5.41, 5.74) is 1.14. The van der Waals surface area contributed by atoms with Gasteiger partial charge < -0.3 is 19.3 Å². The average Bonchev–Trinajstić information content (AvgIpc) is 3.44. The molecule has 0 radical (unpaired) electrons. The van der Waals surface area contributed by atoms with Crippen LogP contribution in [-0.2, 0) is 14.3 Å². The summed E-state index contributed by atoms with van der Waals surface area (Å²) in [7, 11) is 2.76. The van der Waals surface area contributed by atoms with E-state index in [9.17, 15) is 19.5 Å². The first-order valence-electron chi connectivity index (χ1n) is 12.0. The molecule has 1 N–H and O–H groups in total. The number of benzene rings is 2. The van der Waals surface area contributed by atoms with Gasteiger partial charge in [-0.25, -0.2) is 9.78 Å². The molecule has 1 aromatic heterocycles. The summed E-state index contributed by atoms with van der Waals surface area (Å²) in [5, 5.41) is 11.5. The summed E-state index contributed by atoms with van der Waals surface area (Å²) < 4.78 is 15.9. The standard InChI is InChI=1S/C28H28N2O7S/c1-5-6-14-37-19-12-10-17(11-13-19)23(31)21-22(18-8-7-9-20(15-18)35-3)30(26(33)24(21)32)28-29-16(2)25(38-28)27(34)36-4/h7-13,15,22,31H,5-6,14H2,1-4H3/t22-/m0/s1. The number of rotatable bonds is 9. The molecule has 10 heteroatoms. The van der Waals surface area contributed by atoms with Crippen molar-refractivity contribution >= 4 is 39.9 Å². The summed E-state index contributed by atoms with van der Waals surface area (Å²) in [6, 6.07) is 12.5.